The van der Waals surface area contributed by atoms with Crippen molar-refractivity contribution in [1.82, 2.24) is 15.2 Å². The van der Waals surface area contributed by atoms with E-state index in [9.17, 15) is 9.59 Å². The summed E-state index contributed by atoms with van der Waals surface area (Å²) in [5, 5.41) is 2.89. The van der Waals surface area contributed by atoms with Gasteiger partial charge in [0.1, 0.15) is 11.9 Å². The minimum absolute atomic E-state index is 0.0575. The Kier molecular flexibility index (Phi) is 6.97. The van der Waals surface area contributed by atoms with Crippen molar-refractivity contribution in [3.8, 4) is 5.75 Å². The topological polar surface area (TPSA) is 71.5 Å². The summed E-state index contributed by atoms with van der Waals surface area (Å²) in [6, 6.07) is 12.9. The number of hydrogen-bond acceptors (Lipinski definition) is 4. The van der Waals surface area contributed by atoms with Gasteiger partial charge >= 0.3 is 0 Å². The molecule has 6 heteroatoms. The Bertz CT molecular complexity index is 921. The van der Waals surface area contributed by atoms with Crippen LogP contribution in [0.3, 0.4) is 0 Å². The van der Waals surface area contributed by atoms with Gasteiger partial charge in [0.05, 0.1) is 12.2 Å². The van der Waals surface area contributed by atoms with Crippen LogP contribution in [0.4, 0.5) is 0 Å². The molecule has 1 saturated heterocycles. The lowest BCUT2D eigenvalue weighted by atomic mass is 9.92. The van der Waals surface area contributed by atoms with Gasteiger partial charge in [-0.15, -0.1) is 0 Å². The zero-order valence-electron chi connectivity index (χ0n) is 17.7. The maximum Gasteiger partial charge on any atom is 0.251 e. The molecule has 1 atom stereocenters. The lowest BCUT2D eigenvalue weighted by Gasteiger charge is -2.34. The lowest BCUT2D eigenvalue weighted by molar-refractivity contribution is -0.137. The van der Waals surface area contributed by atoms with Crippen LogP contribution in [0.5, 0.6) is 5.75 Å². The molecule has 2 heterocycles. The highest BCUT2D eigenvalue weighted by molar-refractivity contribution is 5.94. The Morgan fingerprint density at radius 2 is 1.94 bits per heavy atom. The van der Waals surface area contributed by atoms with Crippen molar-refractivity contribution >= 4 is 11.8 Å². The first-order valence-electron chi connectivity index (χ1n) is 11.1. The van der Waals surface area contributed by atoms with Crippen LogP contribution in [0.25, 0.3) is 0 Å². The Labute approximate surface area is 183 Å². The highest BCUT2D eigenvalue weighted by Gasteiger charge is 2.28. The van der Waals surface area contributed by atoms with Gasteiger partial charge in [-0.05, 0) is 49.6 Å². The molecule has 6 nitrogen and oxygen atoms in total. The van der Waals surface area contributed by atoms with Crippen LogP contribution in [0, 0.1) is 5.92 Å². The molecule has 2 aliphatic rings. The molecule has 0 saturated carbocycles. The van der Waals surface area contributed by atoms with Crippen LogP contribution in [0.15, 0.2) is 60.8 Å². The number of hydrogen-bond donors (Lipinski definition) is 1. The van der Waals surface area contributed by atoms with Gasteiger partial charge in [0, 0.05) is 43.6 Å². The number of carbonyl (C=O) groups excluding carboxylic acids is 2. The van der Waals surface area contributed by atoms with Gasteiger partial charge in [-0.25, -0.2) is 0 Å². The number of carbonyl (C=O) groups is 2. The van der Waals surface area contributed by atoms with Crippen LogP contribution in [0.2, 0.25) is 0 Å². The molecule has 0 spiro atoms. The van der Waals surface area contributed by atoms with Crippen molar-refractivity contribution in [1.29, 1.82) is 0 Å². The Morgan fingerprint density at radius 3 is 2.68 bits per heavy atom. The van der Waals surface area contributed by atoms with Crippen LogP contribution >= 0.6 is 0 Å². The Balaban J connectivity index is 1.27. The predicted molar refractivity (Wildman–Crippen MR) is 119 cm³/mol. The summed E-state index contributed by atoms with van der Waals surface area (Å²) in [7, 11) is 0. The molecule has 4 rings (SSSR count). The molecular weight excluding hydrogens is 390 g/mol. The van der Waals surface area contributed by atoms with E-state index in [-0.39, 0.29) is 23.8 Å². The van der Waals surface area contributed by atoms with E-state index >= 15 is 0 Å². The molecule has 1 aromatic carbocycles. The fourth-order valence-corrected chi connectivity index (χ4v) is 4.15. The SMILES string of the molecule is O=C(NCc1ccccn1)c1cccc(OC2CCN(C(=O)[C@@H]3CC=CCC3)CC2)c1. The molecule has 1 N–H and O–H groups in total. The van der Waals surface area contributed by atoms with Crippen LogP contribution in [0.1, 0.15) is 48.2 Å². The van der Waals surface area contributed by atoms with Crippen molar-refractivity contribution in [2.75, 3.05) is 13.1 Å². The van der Waals surface area contributed by atoms with Gasteiger partial charge < -0.3 is 15.0 Å². The van der Waals surface area contributed by atoms with E-state index < -0.39 is 0 Å². The average Bonchev–Trinajstić information content (AvgIpc) is 2.84. The van der Waals surface area contributed by atoms with Crippen molar-refractivity contribution < 1.29 is 14.3 Å². The molecule has 2 amide bonds. The number of nitrogens with zero attached hydrogens (tertiary/aromatic N) is 2. The molecule has 1 aliphatic carbocycles. The third kappa shape index (κ3) is 5.72. The first-order chi connectivity index (χ1) is 15.2. The maximum absolute atomic E-state index is 12.7. The summed E-state index contributed by atoms with van der Waals surface area (Å²) < 4.78 is 6.14. The second-order valence-corrected chi connectivity index (χ2v) is 8.16. The molecular formula is C25H29N3O3. The number of piperidine rings is 1. The highest BCUT2D eigenvalue weighted by Crippen LogP contribution is 2.25. The minimum atomic E-state index is -0.155. The normalized spacial score (nSPS) is 19.1. The van der Waals surface area contributed by atoms with E-state index in [2.05, 4.69) is 22.5 Å². The largest absolute Gasteiger partial charge is 0.490 e. The Hall–Kier alpha value is -3.15. The third-order valence-electron chi connectivity index (χ3n) is 5.93. The van der Waals surface area contributed by atoms with Crippen LogP contribution < -0.4 is 10.1 Å². The van der Waals surface area contributed by atoms with Gasteiger partial charge in [-0.2, -0.15) is 0 Å². The molecule has 0 radical (unpaired) electrons. The zero-order chi connectivity index (χ0) is 21.5. The van der Waals surface area contributed by atoms with E-state index in [4.69, 9.17) is 4.74 Å². The lowest BCUT2D eigenvalue weighted by Crippen LogP contribution is -2.44. The maximum atomic E-state index is 12.7. The Morgan fingerprint density at radius 1 is 1.06 bits per heavy atom. The standard InChI is InChI=1S/C25H29N3O3/c29-24(27-18-21-10-4-5-14-26-21)20-9-6-11-23(17-20)31-22-12-15-28(16-13-22)25(30)19-7-2-1-3-8-19/h1-2,4-6,9-11,14,17,19,22H,3,7-8,12-13,15-16,18H2,(H,27,29)/t19-/m1/s1. The van der Waals surface area contributed by atoms with Crippen LogP contribution in [-0.4, -0.2) is 40.9 Å². The van der Waals surface area contributed by atoms with Crippen molar-refractivity contribution in [2.24, 2.45) is 5.92 Å². The number of pyridine rings is 1. The van der Waals surface area contributed by atoms with Gasteiger partial charge in [-0.3, -0.25) is 14.6 Å². The molecule has 0 bridgehead atoms. The average molecular weight is 420 g/mol. The third-order valence-corrected chi connectivity index (χ3v) is 5.93. The monoisotopic (exact) mass is 419 g/mol. The number of amides is 2. The van der Waals surface area contributed by atoms with E-state index in [1.807, 2.05) is 35.2 Å². The fraction of sp³-hybridized carbons (Fsp3) is 0.400. The van der Waals surface area contributed by atoms with E-state index in [1.54, 1.807) is 18.3 Å². The van der Waals surface area contributed by atoms with E-state index in [0.717, 1.165) is 50.9 Å². The molecule has 0 unspecified atom stereocenters. The van der Waals surface area contributed by atoms with E-state index in [0.29, 0.717) is 17.9 Å². The van der Waals surface area contributed by atoms with E-state index in [1.165, 1.54) is 0 Å². The summed E-state index contributed by atoms with van der Waals surface area (Å²) in [6.45, 7) is 1.84. The predicted octanol–water partition coefficient (Wildman–Crippen LogP) is 3.74. The molecule has 1 fully saturated rings. The van der Waals surface area contributed by atoms with Crippen molar-refractivity contribution in [2.45, 2.75) is 44.8 Å². The van der Waals surface area contributed by atoms with Gasteiger partial charge in [0.15, 0.2) is 0 Å². The number of likely N-dealkylation sites (tertiary alicyclic amines) is 1. The molecule has 1 aromatic heterocycles. The second-order valence-electron chi connectivity index (χ2n) is 8.16. The minimum Gasteiger partial charge on any atom is -0.490 e. The quantitative estimate of drug-likeness (QED) is 0.724. The summed E-state index contributed by atoms with van der Waals surface area (Å²) in [5.41, 5.74) is 1.38. The van der Waals surface area contributed by atoms with Gasteiger partial charge in [-0.1, -0.05) is 24.3 Å². The molecule has 1 aliphatic heterocycles. The second kappa shape index (κ2) is 10.2. The van der Waals surface area contributed by atoms with Gasteiger partial charge in [0.2, 0.25) is 5.91 Å². The number of allylic oxidation sites excluding steroid dienone is 2. The number of rotatable bonds is 6. The van der Waals surface area contributed by atoms with Crippen molar-refractivity contribution in [3.05, 3.63) is 72.1 Å². The zero-order valence-corrected chi connectivity index (χ0v) is 17.7. The fourth-order valence-electron chi connectivity index (χ4n) is 4.15. The summed E-state index contributed by atoms with van der Waals surface area (Å²) in [4.78, 5) is 31.4. The van der Waals surface area contributed by atoms with Crippen molar-refractivity contribution in [3.63, 3.8) is 0 Å². The molecule has 2 aromatic rings. The summed E-state index contributed by atoms with van der Waals surface area (Å²) >= 11 is 0. The number of ether oxygens (including phenoxy) is 1. The smallest absolute Gasteiger partial charge is 0.251 e. The number of nitrogens with one attached hydrogen (secondary N) is 1. The summed E-state index contributed by atoms with van der Waals surface area (Å²) in [6.07, 6.45) is 10.5. The van der Waals surface area contributed by atoms with Crippen LogP contribution in [-0.2, 0) is 11.3 Å². The number of benzene rings is 1. The highest BCUT2D eigenvalue weighted by atomic mass is 16.5. The molecule has 31 heavy (non-hydrogen) atoms. The number of aromatic nitrogens is 1. The first kappa shape index (κ1) is 21.1. The van der Waals surface area contributed by atoms with Gasteiger partial charge in [0.25, 0.3) is 5.91 Å². The first-order valence-corrected chi connectivity index (χ1v) is 11.1. The molecule has 162 valence electrons. The summed E-state index contributed by atoms with van der Waals surface area (Å²) in [5.74, 6) is 0.962.